The summed E-state index contributed by atoms with van der Waals surface area (Å²) in [5.41, 5.74) is 0.128. The van der Waals surface area contributed by atoms with Gasteiger partial charge < -0.3 is 4.90 Å². The van der Waals surface area contributed by atoms with Crippen LogP contribution in [0.3, 0.4) is 0 Å². The number of nitrogens with zero attached hydrogens (tertiary/aromatic N) is 2. The molecular formula is C19H23F3N2. The number of rotatable bonds is 3. The molecule has 1 saturated heterocycles. The average molecular weight is 336 g/mol. The predicted octanol–water partition coefficient (Wildman–Crippen LogP) is 4.04. The average Bonchev–Trinajstić information content (AvgIpc) is 3.18. The summed E-state index contributed by atoms with van der Waals surface area (Å²) in [6.07, 6.45) is 3.13. The van der Waals surface area contributed by atoms with Crippen LogP contribution >= 0.6 is 0 Å². The lowest BCUT2D eigenvalue weighted by Gasteiger charge is -2.38. The van der Waals surface area contributed by atoms with Crippen molar-refractivity contribution in [3.63, 3.8) is 0 Å². The van der Waals surface area contributed by atoms with E-state index in [9.17, 15) is 13.2 Å². The molecule has 1 aliphatic heterocycles. The molecule has 2 aliphatic carbocycles. The fourth-order valence-electron chi connectivity index (χ4n) is 4.50. The highest BCUT2D eigenvalue weighted by molar-refractivity contribution is 5.49. The molecule has 5 heteroatoms. The van der Waals surface area contributed by atoms with Gasteiger partial charge >= 0.3 is 6.18 Å². The molecule has 0 unspecified atom stereocenters. The molecule has 1 aromatic rings. The van der Waals surface area contributed by atoms with E-state index in [4.69, 9.17) is 0 Å². The van der Waals surface area contributed by atoms with Crippen molar-refractivity contribution >= 4 is 5.69 Å². The lowest BCUT2D eigenvalue weighted by atomic mass is 9.93. The number of hydrogen-bond donors (Lipinski definition) is 0. The molecule has 130 valence electrons. The van der Waals surface area contributed by atoms with Gasteiger partial charge in [0.25, 0.3) is 0 Å². The smallest absolute Gasteiger partial charge is 0.369 e. The predicted molar refractivity (Wildman–Crippen MR) is 88.9 cm³/mol. The highest BCUT2D eigenvalue weighted by Gasteiger charge is 2.37. The van der Waals surface area contributed by atoms with E-state index in [1.807, 2.05) is 0 Å². The summed E-state index contributed by atoms with van der Waals surface area (Å²) in [7, 11) is 0. The maximum absolute atomic E-state index is 12.9. The molecule has 0 N–H and O–H groups in total. The number of hydrogen-bond acceptors (Lipinski definition) is 2. The highest BCUT2D eigenvalue weighted by atomic mass is 19.4. The highest BCUT2D eigenvalue weighted by Crippen LogP contribution is 2.43. The van der Waals surface area contributed by atoms with Gasteiger partial charge in [-0.05, 0) is 48.8 Å². The van der Waals surface area contributed by atoms with Crippen molar-refractivity contribution < 1.29 is 13.2 Å². The number of allylic oxidation sites excluding steroid dienone is 2. The van der Waals surface area contributed by atoms with Crippen LogP contribution < -0.4 is 4.90 Å². The topological polar surface area (TPSA) is 6.48 Å². The van der Waals surface area contributed by atoms with E-state index in [0.29, 0.717) is 5.69 Å². The molecule has 2 fully saturated rings. The van der Waals surface area contributed by atoms with Gasteiger partial charge in [-0.1, -0.05) is 18.2 Å². The lowest BCUT2D eigenvalue weighted by molar-refractivity contribution is -0.137. The number of fused-ring (bicyclic) bond motifs is 2. The van der Waals surface area contributed by atoms with Crippen molar-refractivity contribution in [3.8, 4) is 0 Å². The van der Waals surface area contributed by atoms with Gasteiger partial charge in [0, 0.05) is 38.4 Å². The molecule has 2 bridgehead atoms. The molecule has 0 aromatic heterocycles. The molecule has 1 saturated carbocycles. The minimum atomic E-state index is -4.27. The third kappa shape index (κ3) is 3.18. The van der Waals surface area contributed by atoms with Gasteiger partial charge in [0.2, 0.25) is 0 Å². The van der Waals surface area contributed by atoms with Crippen LogP contribution in [0.25, 0.3) is 0 Å². The normalized spacial score (nSPS) is 30.3. The van der Waals surface area contributed by atoms with E-state index in [0.717, 1.165) is 56.5 Å². The Kier molecular flexibility index (Phi) is 4.07. The molecular weight excluding hydrogens is 313 g/mol. The zero-order chi connectivity index (χ0) is 16.7. The lowest BCUT2D eigenvalue weighted by Crippen LogP contribution is -2.48. The summed E-state index contributed by atoms with van der Waals surface area (Å²) in [4.78, 5) is 4.57. The van der Waals surface area contributed by atoms with Crippen molar-refractivity contribution in [1.29, 1.82) is 0 Å². The van der Waals surface area contributed by atoms with Crippen LogP contribution in [0.4, 0.5) is 18.9 Å². The third-order valence-electron chi connectivity index (χ3n) is 5.82. The quantitative estimate of drug-likeness (QED) is 0.769. The molecule has 1 heterocycles. The molecule has 0 radical (unpaired) electrons. The minimum absolute atomic E-state index is 0.559. The van der Waals surface area contributed by atoms with E-state index in [1.54, 1.807) is 6.07 Å². The Balaban J connectivity index is 1.34. The van der Waals surface area contributed by atoms with Crippen LogP contribution in [-0.2, 0) is 6.18 Å². The maximum atomic E-state index is 12.9. The number of alkyl halides is 3. The monoisotopic (exact) mass is 336 g/mol. The molecule has 3 aliphatic rings. The van der Waals surface area contributed by atoms with E-state index < -0.39 is 11.7 Å². The number of piperazine rings is 1. The van der Waals surface area contributed by atoms with Crippen molar-refractivity contribution in [1.82, 2.24) is 4.90 Å². The molecule has 24 heavy (non-hydrogen) atoms. The standard InChI is InChI=1S/C19H23F3N2/c20-19(21,22)17-2-1-3-18(12-17)24-8-6-23(7-9-24)13-16-11-14-4-5-15(16)10-14/h1-5,12,14-16H,6-11,13H2/t14-,15-,16+/m1/s1. The van der Waals surface area contributed by atoms with Crippen LogP contribution in [-0.4, -0.2) is 37.6 Å². The Hall–Kier alpha value is -1.49. The summed E-state index contributed by atoms with van der Waals surface area (Å²) >= 11 is 0. The van der Waals surface area contributed by atoms with Gasteiger partial charge in [-0.25, -0.2) is 0 Å². The zero-order valence-electron chi connectivity index (χ0n) is 13.7. The first kappa shape index (κ1) is 16.0. The Morgan fingerprint density at radius 2 is 1.79 bits per heavy atom. The summed E-state index contributed by atoms with van der Waals surface area (Å²) in [6, 6.07) is 5.70. The first-order valence-electron chi connectivity index (χ1n) is 8.82. The van der Waals surface area contributed by atoms with E-state index in [-0.39, 0.29) is 0 Å². The first-order valence-corrected chi connectivity index (χ1v) is 8.82. The summed E-state index contributed by atoms with van der Waals surface area (Å²) < 4.78 is 38.6. The van der Waals surface area contributed by atoms with Crippen LogP contribution in [0.5, 0.6) is 0 Å². The van der Waals surface area contributed by atoms with Crippen molar-refractivity contribution in [2.45, 2.75) is 19.0 Å². The van der Waals surface area contributed by atoms with Gasteiger partial charge in [-0.15, -0.1) is 0 Å². The van der Waals surface area contributed by atoms with Crippen LogP contribution in [0.1, 0.15) is 18.4 Å². The summed E-state index contributed by atoms with van der Waals surface area (Å²) in [6.45, 7) is 4.62. The SMILES string of the molecule is FC(F)(F)c1cccc(N2CCN(C[C@@H]3C[C@@H]4C=C[C@@H]3C4)CC2)c1. The van der Waals surface area contributed by atoms with E-state index in [2.05, 4.69) is 22.0 Å². The zero-order valence-corrected chi connectivity index (χ0v) is 13.7. The number of benzene rings is 1. The Bertz CT molecular complexity index is 617. The van der Waals surface area contributed by atoms with Crippen molar-refractivity contribution in [2.75, 3.05) is 37.6 Å². The summed E-state index contributed by atoms with van der Waals surface area (Å²) in [5, 5.41) is 0. The van der Waals surface area contributed by atoms with Crippen molar-refractivity contribution in [2.24, 2.45) is 17.8 Å². The van der Waals surface area contributed by atoms with Gasteiger partial charge in [0.1, 0.15) is 0 Å². The third-order valence-corrected chi connectivity index (χ3v) is 5.82. The van der Waals surface area contributed by atoms with Gasteiger partial charge in [0.05, 0.1) is 5.56 Å². The minimum Gasteiger partial charge on any atom is -0.369 e. The Labute approximate surface area is 140 Å². The second-order valence-electron chi connectivity index (χ2n) is 7.38. The first-order chi connectivity index (χ1) is 11.5. The second kappa shape index (κ2) is 6.10. The fraction of sp³-hybridized carbons (Fsp3) is 0.579. The number of anilines is 1. The van der Waals surface area contributed by atoms with Gasteiger partial charge in [-0.3, -0.25) is 4.90 Å². The molecule has 0 spiro atoms. The van der Waals surface area contributed by atoms with E-state index >= 15 is 0 Å². The molecule has 2 nitrogen and oxygen atoms in total. The molecule has 1 aromatic carbocycles. The van der Waals surface area contributed by atoms with Crippen molar-refractivity contribution in [3.05, 3.63) is 42.0 Å². The molecule has 0 amide bonds. The fourth-order valence-corrected chi connectivity index (χ4v) is 4.50. The van der Waals surface area contributed by atoms with Crippen LogP contribution in [0, 0.1) is 17.8 Å². The van der Waals surface area contributed by atoms with E-state index in [1.165, 1.54) is 25.0 Å². The maximum Gasteiger partial charge on any atom is 0.416 e. The Morgan fingerprint density at radius 3 is 2.42 bits per heavy atom. The number of halogens is 3. The van der Waals surface area contributed by atoms with Gasteiger partial charge in [-0.2, -0.15) is 13.2 Å². The van der Waals surface area contributed by atoms with Crippen LogP contribution in [0.2, 0.25) is 0 Å². The summed E-state index contributed by atoms with van der Waals surface area (Å²) in [5.74, 6) is 2.34. The second-order valence-corrected chi connectivity index (χ2v) is 7.38. The van der Waals surface area contributed by atoms with Gasteiger partial charge in [0.15, 0.2) is 0 Å². The Morgan fingerprint density at radius 1 is 1.00 bits per heavy atom. The molecule has 4 rings (SSSR count). The molecule has 3 atom stereocenters. The van der Waals surface area contributed by atoms with Crippen LogP contribution in [0.15, 0.2) is 36.4 Å². The largest absolute Gasteiger partial charge is 0.416 e.